The average Bonchev–Trinajstić information content (AvgIpc) is 2.17. The van der Waals surface area contributed by atoms with E-state index < -0.39 is 11.9 Å². The van der Waals surface area contributed by atoms with E-state index >= 15 is 0 Å². The van der Waals surface area contributed by atoms with Crippen LogP contribution in [-0.4, -0.2) is 31.5 Å². The molecule has 0 heterocycles. The minimum Gasteiger partial charge on any atom is -0.488 e. The second kappa shape index (κ2) is 6.05. The molecule has 3 nitrogen and oxygen atoms in total. The maximum atomic E-state index is 13.2. The molecule has 0 saturated carbocycles. The summed E-state index contributed by atoms with van der Waals surface area (Å²) in [6.07, 6.45) is -0.752. The molecule has 0 saturated heterocycles. The molecule has 0 spiro atoms. The number of hydrogen-bond acceptors (Lipinski definition) is 3. The van der Waals surface area contributed by atoms with Crippen LogP contribution in [0.25, 0.3) is 0 Å². The molecule has 15 heavy (non-hydrogen) atoms. The maximum Gasteiger partial charge on any atom is 0.166 e. The fourth-order valence-electron chi connectivity index (χ4n) is 1.02. The molecule has 5 heteroatoms. The van der Waals surface area contributed by atoms with Gasteiger partial charge in [-0.25, -0.2) is 4.39 Å². The predicted molar refractivity (Wildman–Crippen MR) is 57.5 cm³/mol. The summed E-state index contributed by atoms with van der Waals surface area (Å²) in [4.78, 5) is 0. The molecule has 0 bridgehead atoms. The highest BCUT2D eigenvalue weighted by molar-refractivity contribution is 9.10. The molecule has 1 N–H and O–H groups in total. The third-order valence-electron chi connectivity index (χ3n) is 1.68. The van der Waals surface area contributed by atoms with Gasteiger partial charge in [-0.3, -0.25) is 0 Å². The van der Waals surface area contributed by atoms with Crippen molar-refractivity contribution in [1.29, 1.82) is 0 Å². The Hall–Kier alpha value is -0.650. The van der Waals surface area contributed by atoms with E-state index in [-0.39, 0.29) is 19.0 Å². The van der Waals surface area contributed by atoms with Crippen LogP contribution in [0, 0.1) is 5.82 Å². The van der Waals surface area contributed by atoms with E-state index in [1.165, 1.54) is 19.2 Å². The SMILES string of the molecule is COC[C@@H](O)COc1ccc(Br)cc1F. The number of rotatable bonds is 5. The van der Waals surface area contributed by atoms with Crippen molar-refractivity contribution >= 4 is 15.9 Å². The standard InChI is InChI=1S/C10H12BrFO3/c1-14-5-8(13)6-15-10-3-2-7(11)4-9(10)12/h2-4,8,13H,5-6H2,1H3/t8-/m1/s1. The molecule has 0 radical (unpaired) electrons. The number of hydrogen-bond donors (Lipinski definition) is 1. The van der Waals surface area contributed by atoms with Gasteiger partial charge >= 0.3 is 0 Å². The van der Waals surface area contributed by atoms with Gasteiger partial charge in [0.2, 0.25) is 0 Å². The van der Waals surface area contributed by atoms with E-state index in [9.17, 15) is 9.50 Å². The van der Waals surface area contributed by atoms with Crippen LogP contribution in [0.3, 0.4) is 0 Å². The fraction of sp³-hybridized carbons (Fsp3) is 0.400. The largest absolute Gasteiger partial charge is 0.488 e. The molecule has 0 aliphatic carbocycles. The van der Waals surface area contributed by atoms with Gasteiger partial charge in [-0.2, -0.15) is 0 Å². The first-order chi connectivity index (χ1) is 7.13. The first kappa shape index (κ1) is 12.4. The van der Waals surface area contributed by atoms with Crippen molar-refractivity contribution in [3.05, 3.63) is 28.5 Å². The first-order valence-corrected chi connectivity index (χ1v) is 5.17. The lowest BCUT2D eigenvalue weighted by Gasteiger charge is -2.11. The van der Waals surface area contributed by atoms with E-state index in [0.29, 0.717) is 4.47 Å². The van der Waals surface area contributed by atoms with Crippen molar-refractivity contribution in [2.45, 2.75) is 6.10 Å². The molecule has 0 aliphatic heterocycles. The van der Waals surface area contributed by atoms with Crippen molar-refractivity contribution in [2.75, 3.05) is 20.3 Å². The second-order valence-corrected chi connectivity index (χ2v) is 3.91. The van der Waals surface area contributed by atoms with E-state index in [2.05, 4.69) is 15.9 Å². The topological polar surface area (TPSA) is 38.7 Å². The Balaban J connectivity index is 2.50. The Labute approximate surface area is 95.9 Å². The number of halogens is 2. The van der Waals surface area contributed by atoms with Crippen LogP contribution in [0.5, 0.6) is 5.75 Å². The summed E-state index contributed by atoms with van der Waals surface area (Å²) < 4.78 is 23.7. The summed E-state index contributed by atoms with van der Waals surface area (Å²) >= 11 is 3.14. The number of aliphatic hydroxyl groups excluding tert-OH is 1. The third kappa shape index (κ3) is 4.15. The minimum atomic E-state index is -0.752. The third-order valence-corrected chi connectivity index (χ3v) is 2.18. The molecule has 0 fully saturated rings. The Morgan fingerprint density at radius 1 is 1.47 bits per heavy atom. The van der Waals surface area contributed by atoms with Crippen molar-refractivity contribution in [2.24, 2.45) is 0 Å². The van der Waals surface area contributed by atoms with Crippen molar-refractivity contribution in [1.82, 2.24) is 0 Å². The van der Waals surface area contributed by atoms with E-state index in [4.69, 9.17) is 9.47 Å². The number of benzene rings is 1. The van der Waals surface area contributed by atoms with Gasteiger partial charge in [-0.1, -0.05) is 15.9 Å². The van der Waals surface area contributed by atoms with Gasteiger partial charge in [-0.15, -0.1) is 0 Å². The quantitative estimate of drug-likeness (QED) is 0.895. The predicted octanol–water partition coefficient (Wildman–Crippen LogP) is 1.97. The van der Waals surface area contributed by atoms with Gasteiger partial charge in [-0.05, 0) is 18.2 Å². The van der Waals surface area contributed by atoms with Crippen molar-refractivity contribution in [3.8, 4) is 5.75 Å². The van der Waals surface area contributed by atoms with E-state index in [1.54, 1.807) is 6.07 Å². The molecule has 1 rings (SSSR count). The minimum absolute atomic E-state index is 0.00634. The molecule has 0 amide bonds. The summed E-state index contributed by atoms with van der Waals surface area (Å²) in [5, 5.41) is 9.27. The number of methoxy groups -OCH3 is 1. The van der Waals surface area contributed by atoms with Crippen LogP contribution in [0.2, 0.25) is 0 Å². The van der Waals surface area contributed by atoms with Gasteiger partial charge in [0.05, 0.1) is 6.61 Å². The average molecular weight is 279 g/mol. The lowest BCUT2D eigenvalue weighted by molar-refractivity contribution is 0.0316. The van der Waals surface area contributed by atoms with E-state index in [0.717, 1.165) is 0 Å². The highest BCUT2D eigenvalue weighted by atomic mass is 79.9. The van der Waals surface area contributed by atoms with Gasteiger partial charge in [0, 0.05) is 11.6 Å². The van der Waals surface area contributed by atoms with Crippen LogP contribution in [0.15, 0.2) is 22.7 Å². The van der Waals surface area contributed by atoms with Crippen LogP contribution in [0.4, 0.5) is 4.39 Å². The first-order valence-electron chi connectivity index (χ1n) is 4.38. The van der Waals surface area contributed by atoms with Crippen LogP contribution >= 0.6 is 15.9 Å². The highest BCUT2D eigenvalue weighted by Crippen LogP contribution is 2.21. The molecule has 84 valence electrons. The summed E-state index contributed by atoms with van der Waals surface area (Å²) in [6.45, 7) is 0.171. The lowest BCUT2D eigenvalue weighted by atomic mass is 10.3. The Morgan fingerprint density at radius 3 is 2.80 bits per heavy atom. The summed E-state index contributed by atoms with van der Waals surface area (Å²) in [5.74, 6) is -0.345. The van der Waals surface area contributed by atoms with Crippen molar-refractivity contribution in [3.63, 3.8) is 0 Å². The van der Waals surface area contributed by atoms with Gasteiger partial charge < -0.3 is 14.6 Å². The van der Waals surface area contributed by atoms with Gasteiger partial charge in [0.25, 0.3) is 0 Å². The molecule has 0 unspecified atom stereocenters. The number of aliphatic hydroxyl groups is 1. The molecule has 1 atom stereocenters. The second-order valence-electron chi connectivity index (χ2n) is 2.99. The maximum absolute atomic E-state index is 13.2. The monoisotopic (exact) mass is 278 g/mol. The smallest absolute Gasteiger partial charge is 0.166 e. The number of ether oxygens (including phenoxy) is 2. The molecular formula is C10H12BrFO3. The molecule has 0 aromatic heterocycles. The van der Waals surface area contributed by atoms with Crippen molar-refractivity contribution < 1.29 is 19.0 Å². The summed E-state index contributed by atoms with van der Waals surface area (Å²) in [6, 6.07) is 4.47. The zero-order valence-corrected chi connectivity index (χ0v) is 9.83. The summed E-state index contributed by atoms with van der Waals surface area (Å²) in [5.41, 5.74) is 0. The zero-order valence-electron chi connectivity index (χ0n) is 8.24. The summed E-state index contributed by atoms with van der Waals surface area (Å²) in [7, 11) is 1.48. The van der Waals surface area contributed by atoms with Gasteiger partial charge in [0.15, 0.2) is 11.6 Å². The molecular weight excluding hydrogens is 267 g/mol. The van der Waals surface area contributed by atoms with Gasteiger partial charge in [0.1, 0.15) is 12.7 Å². The van der Waals surface area contributed by atoms with Crippen LogP contribution in [-0.2, 0) is 4.74 Å². The van der Waals surface area contributed by atoms with E-state index in [1.807, 2.05) is 0 Å². The molecule has 0 aliphatic rings. The Bertz CT molecular complexity index is 320. The normalized spacial score (nSPS) is 12.5. The molecule has 1 aromatic carbocycles. The Kier molecular flexibility index (Phi) is 5.01. The van der Waals surface area contributed by atoms with Crippen LogP contribution < -0.4 is 4.74 Å². The molecule has 1 aromatic rings. The Morgan fingerprint density at radius 2 is 2.20 bits per heavy atom. The van der Waals surface area contributed by atoms with Crippen LogP contribution in [0.1, 0.15) is 0 Å². The highest BCUT2D eigenvalue weighted by Gasteiger charge is 2.07. The fourth-order valence-corrected chi connectivity index (χ4v) is 1.35. The lowest BCUT2D eigenvalue weighted by Crippen LogP contribution is -2.22. The zero-order chi connectivity index (χ0) is 11.3.